The van der Waals surface area contributed by atoms with E-state index in [1.807, 2.05) is 25.1 Å². The van der Waals surface area contributed by atoms with Gasteiger partial charge in [0.25, 0.3) is 5.56 Å². The van der Waals surface area contributed by atoms with Crippen LogP contribution < -0.4 is 5.56 Å². The van der Waals surface area contributed by atoms with Crippen LogP contribution in [-0.4, -0.2) is 61.9 Å². The Bertz CT molecular complexity index is 1210. The average Bonchev–Trinajstić information content (AvgIpc) is 3.47. The van der Waals surface area contributed by atoms with E-state index >= 15 is 0 Å². The minimum Gasteiger partial charge on any atom is -0.465 e. The first-order chi connectivity index (χ1) is 16.9. The van der Waals surface area contributed by atoms with E-state index in [9.17, 15) is 9.59 Å². The summed E-state index contributed by atoms with van der Waals surface area (Å²) < 4.78 is 12.6. The number of carbonyl (C=O) groups is 1. The molecule has 2 atom stereocenters. The molecule has 1 fully saturated rings. The molecule has 0 aliphatic carbocycles. The molecule has 35 heavy (non-hydrogen) atoms. The number of aromatic amines is 1. The largest absolute Gasteiger partial charge is 0.465 e. The number of benzene rings is 1. The summed E-state index contributed by atoms with van der Waals surface area (Å²) in [4.78, 5) is 30.4. The Morgan fingerprint density at radius 3 is 2.89 bits per heavy atom. The summed E-state index contributed by atoms with van der Waals surface area (Å²) in [6.07, 6.45) is 2.04. The lowest BCUT2D eigenvalue weighted by molar-refractivity contribution is -0.144. The van der Waals surface area contributed by atoms with E-state index in [4.69, 9.17) is 9.47 Å². The second kappa shape index (κ2) is 11.1. The van der Waals surface area contributed by atoms with E-state index in [2.05, 4.69) is 45.3 Å². The van der Waals surface area contributed by atoms with Gasteiger partial charge in [-0.1, -0.05) is 25.5 Å². The van der Waals surface area contributed by atoms with Crippen LogP contribution in [-0.2, 0) is 27.4 Å². The molecule has 1 aliphatic heterocycles. The first-order valence-electron chi connectivity index (χ1n) is 12.3. The van der Waals surface area contributed by atoms with Crippen molar-refractivity contribution >= 4 is 16.9 Å². The molecule has 0 amide bonds. The van der Waals surface area contributed by atoms with Crippen LogP contribution in [0.3, 0.4) is 0 Å². The van der Waals surface area contributed by atoms with E-state index in [0.717, 1.165) is 35.9 Å². The number of tetrazole rings is 1. The van der Waals surface area contributed by atoms with Crippen LogP contribution in [0.5, 0.6) is 0 Å². The average molecular weight is 483 g/mol. The summed E-state index contributed by atoms with van der Waals surface area (Å²) in [5.74, 6) is 0.278. The molecule has 0 spiro atoms. The lowest BCUT2D eigenvalue weighted by atomic mass is 9.99. The Labute approximate surface area is 204 Å². The van der Waals surface area contributed by atoms with Gasteiger partial charge in [-0.3, -0.25) is 14.5 Å². The molecule has 0 saturated carbocycles. The summed E-state index contributed by atoms with van der Waals surface area (Å²) in [5, 5.41) is 13.2. The highest BCUT2D eigenvalue weighted by molar-refractivity contribution is 5.79. The topological polar surface area (TPSA) is 115 Å². The number of H-pyrrole nitrogens is 1. The number of hydrogen-bond donors (Lipinski definition) is 1. The molecule has 188 valence electrons. The number of hydrogen-bond acceptors (Lipinski definition) is 8. The van der Waals surface area contributed by atoms with Crippen molar-refractivity contribution in [1.29, 1.82) is 0 Å². The fourth-order valence-electron chi connectivity index (χ4n) is 4.78. The van der Waals surface area contributed by atoms with Crippen molar-refractivity contribution < 1.29 is 14.3 Å². The predicted molar refractivity (Wildman–Crippen MR) is 131 cm³/mol. The molecule has 1 aromatic carbocycles. The van der Waals surface area contributed by atoms with Crippen molar-refractivity contribution in [2.24, 2.45) is 5.92 Å². The zero-order chi connectivity index (χ0) is 24.9. The fraction of sp³-hybridized carbons (Fsp3) is 0.560. The van der Waals surface area contributed by atoms with Gasteiger partial charge < -0.3 is 14.5 Å². The Kier molecular flexibility index (Phi) is 7.92. The highest BCUT2D eigenvalue weighted by Gasteiger charge is 2.33. The molecule has 1 saturated heterocycles. The van der Waals surface area contributed by atoms with Gasteiger partial charge in [0.1, 0.15) is 6.54 Å². The first-order valence-corrected chi connectivity index (χ1v) is 12.3. The van der Waals surface area contributed by atoms with E-state index < -0.39 is 5.97 Å². The quantitative estimate of drug-likeness (QED) is 0.439. The van der Waals surface area contributed by atoms with E-state index in [0.29, 0.717) is 31.1 Å². The molecule has 10 nitrogen and oxygen atoms in total. The maximum atomic E-state index is 13.0. The van der Waals surface area contributed by atoms with Gasteiger partial charge in [-0.05, 0) is 66.6 Å². The van der Waals surface area contributed by atoms with E-state index in [1.54, 1.807) is 6.92 Å². The number of aryl methyl sites for hydroxylation is 1. The zero-order valence-corrected chi connectivity index (χ0v) is 20.9. The van der Waals surface area contributed by atoms with Gasteiger partial charge in [0, 0.05) is 30.8 Å². The normalized spacial score (nSPS) is 16.9. The van der Waals surface area contributed by atoms with Crippen LogP contribution in [0.15, 0.2) is 29.1 Å². The van der Waals surface area contributed by atoms with Gasteiger partial charge in [-0.2, -0.15) is 0 Å². The summed E-state index contributed by atoms with van der Waals surface area (Å²) in [6.45, 7) is 9.96. The maximum absolute atomic E-state index is 13.0. The van der Waals surface area contributed by atoms with Crippen molar-refractivity contribution in [3.8, 4) is 0 Å². The maximum Gasteiger partial charge on any atom is 0.327 e. The molecule has 4 rings (SSSR count). The fourth-order valence-corrected chi connectivity index (χ4v) is 4.78. The minimum absolute atomic E-state index is 0.0624. The smallest absolute Gasteiger partial charge is 0.327 e. The minimum atomic E-state index is -0.393. The highest BCUT2D eigenvalue weighted by Crippen LogP contribution is 2.30. The number of pyridine rings is 1. The van der Waals surface area contributed by atoms with Crippen LogP contribution >= 0.6 is 0 Å². The lowest BCUT2D eigenvalue weighted by Gasteiger charge is -2.34. The van der Waals surface area contributed by atoms with Gasteiger partial charge in [0.15, 0.2) is 5.82 Å². The lowest BCUT2D eigenvalue weighted by Crippen LogP contribution is -2.40. The molecule has 1 N–H and O–H groups in total. The predicted octanol–water partition coefficient (Wildman–Crippen LogP) is 2.76. The molecule has 0 radical (unpaired) electrons. The first kappa shape index (κ1) is 25.0. The van der Waals surface area contributed by atoms with Crippen molar-refractivity contribution in [2.75, 3.05) is 19.8 Å². The van der Waals surface area contributed by atoms with Crippen molar-refractivity contribution in [1.82, 2.24) is 30.1 Å². The van der Waals surface area contributed by atoms with Crippen LogP contribution in [0.4, 0.5) is 0 Å². The number of rotatable bonds is 10. The number of ether oxygens (including phenoxy) is 2. The van der Waals surface area contributed by atoms with Gasteiger partial charge in [-0.25, -0.2) is 4.68 Å². The molecule has 10 heteroatoms. The number of aromatic nitrogens is 5. The third kappa shape index (κ3) is 5.94. The van der Waals surface area contributed by atoms with Crippen LogP contribution in [0.1, 0.15) is 56.6 Å². The van der Waals surface area contributed by atoms with Crippen LogP contribution in [0, 0.1) is 12.8 Å². The Balaban J connectivity index is 1.70. The van der Waals surface area contributed by atoms with Gasteiger partial charge in [0.2, 0.25) is 0 Å². The molecule has 1 aliphatic rings. The van der Waals surface area contributed by atoms with Gasteiger partial charge in [0.05, 0.1) is 18.8 Å². The number of carbonyl (C=O) groups excluding carboxylic acids is 1. The number of esters is 1. The molecule has 3 aromatic rings. The highest BCUT2D eigenvalue weighted by atomic mass is 16.5. The second-order valence-corrected chi connectivity index (χ2v) is 9.47. The molecule has 3 heterocycles. The summed E-state index contributed by atoms with van der Waals surface area (Å²) >= 11 is 0. The summed E-state index contributed by atoms with van der Waals surface area (Å²) in [6, 6.07) is 7.71. The Morgan fingerprint density at radius 2 is 2.17 bits per heavy atom. The molecule has 2 unspecified atom stereocenters. The SMILES string of the molecule is CCOC(=O)Cn1nnnc1C(C(C)C)N(Cc1cc2cc(C)ccc2[nH]c1=O)CC1CCCO1. The van der Waals surface area contributed by atoms with E-state index in [1.165, 1.54) is 4.68 Å². The standard InChI is InChI=1S/C25H34N6O4/c1-5-34-22(32)15-31-24(27-28-29-31)23(16(2)3)30(14-20-7-6-10-35-20)13-19-12-18-11-17(4)8-9-21(18)26-25(19)33/h8-9,11-12,16,20,23H,5-7,10,13-15H2,1-4H3,(H,26,33). The Hall–Kier alpha value is -3.11. The van der Waals surface area contributed by atoms with Crippen molar-refractivity contribution in [2.45, 2.75) is 65.8 Å². The Morgan fingerprint density at radius 1 is 1.34 bits per heavy atom. The monoisotopic (exact) mass is 482 g/mol. The molecular formula is C25H34N6O4. The zero-order valence-electron chi connectivity index (χ0n) is 20.9. The number of fused-ring (bicyclic) bond motifs is 1. The van der Waals surface area contributed by atoms with Crippen molar-refractivity contribution in [3.63, 3.8) is 0 Å². The van der Waals surface area contributed by atoms with Gasteiger partial charge >= 0.3 is 5.97 Å². The van der Waals surface area contributed by atoms with Gasteiger partial charge in [-0.15, -0.1) is 5.10 Å². The van der Waals surface area contributed by atoms with Crippen LogP contribution in [0.2, 0.25) is 0 Å². The van der Waals surface area contributed by atoms with E-state index in [-0.39, 0.29) is 30.2 Å². The second-order valence-electron chi connectivity index (χ2n) is 9.47. The molecular weight excluding hydrogens is 448 g/mol. The molecule has 2 aromatic heterocycles. The third-order valence-electron chi connectivity index (χ3n) is 6.35. The van der Waals surface area contributed by atoms with Crippen molar-refractivity contribution in [3.05, 3.63) is 51.6 Å². The summed E-state index contributed by atoms with van der Waals surface area (Å²) in [5.41, 5.74) is 2.49. The number of nitrogens with zero attached hydrogens (tertiary/aromatic N) is 5. The number of nitrogens with one attached hydrogen (secondary N) is 1. The molecule has 0 bridgehead atoms. The summed E-state index contributed by atoms with van der Waals surface area (Å²) in [7, 11) is 0. The third-order valence-corrected chi connectivity index (χ3v) is 6.35. The van der Waals surface area contributed by atoms with Crippen LogP contribution in [0.25, 0.3) is 10.9 Å².